The fourth-order valence-corrected chi connectivity index (χ4v) is 3.94. The largest absolute Gasteiger partial charge is 0.309 e. The normalized spacial score (nSPS) is 23.5. The molecule has 0 saturated heterocycles. The Morgan fingerprint density at radius 2 is 2.28 bits per heavy atom. The highest BCUT2D eigenvalue weighted by Gasteiger charge is 2.26. The number of halogens is 2. The van der Waals surface area contributed by atoms with E-state index in [1.165, 1.54) is 25.0 Å². The number of rotatable bonds is 5. The summed E-state index contributed by atoms with van der Waals surface area (Å²) in [6.07, 6.45) is 3.87. The quantitative estimate of drug-likeness (QED) is 0.860. The minimum Gasteiger partial charge on any atom is -0.309 e. The number of thioether (sulfide) groups is 1. The molecule has 1 aliphatic carbocycles. The van der Waals surface area contributed by atoms with E-state index in [4.69, 9.17) is 0 Å². The van der Waals surface area contributed by atoms with E-state index in [1.807, 2.05) is 17.8 Å². The molecule has 2 atom stereocenters. The molecule has 0 radical (unpaired) electrons. The second kappa shape index (κ2) is 6.92. The Kier molecular flexibility index (Phi) is 5.52. The van der Waals surface area contributed by atoms with Crippen LogP contribution in [0.3, 0.4) is 0 Å². The van der Waals surface area contributed by atoms with Gasteiger partial charge >= 0.3 is 0 Å². The van der Waals surface area contributed by atoms with Gasteiger partial charge < -0.3 is 5.32 Å². The van der Waals surface area contributed by atoms with Crippen LogP contribution in [0.25, 0.3) is 0 Å². The fraction of sp³-hybridized carbons (Fsp3) is 0.571. The highest BCUT2D eigenvalue weighted by Crippen LogP contribution is 2.30. The summed E-state index contributed by atoms with van der Waals surface area (Å²) < 4.78 is 13.9. The summed E-state index contributed by atoms with van der Waals surface area (Å²) in [7, 11) is 0. The second-order valence-electron chi connectivity index (χ2n) is 4.66. The van der Waals surface area contributed by atoms with Crippen LogP contribution in [0.1, 0.15) is 31.7 Å². The van der Waals surface area contributed by atoms with Crippen LogP contribution in [0.2, 0.25) is 0 Å². The number of hydrogen-bond acceptors (Lipinski definition) is 2. The van der Waals surface area contributed by atoms with Gasteiger partial charge in [0.15, 0.2) is 0 Å². The lowest BCUT2D eigenvalue weighted by molar-refractivity contribution is 0.529. The molecule has 4 heteroatoms. The molecule has 0 amide bonds. The van der Waals surface area contributed by atoms with E-state index in [-0.39, 0.29) is 5.82 Å². The van der Waals surface area contributed by atoms with Gasteiger partial charge in [-0.3, -0.25) is 0 Å². The average molecular weight is 332 g/mol. The molecule has 18 heavy (non-hydrogen) atoms. The minimum atomic E-state index is -0.180. The van der Waals surface area contributed by atoms with Crippen molar-refractivity contribution in [3.63, 3.8) is 0 Å². The van der Waals surface area contributed by atoms with Crippen LogP contribution in [0, 0.1) is 5.82 Å². The zero-order valence-corrected chi connectivity index (χ0v) is 13.0. The summed E-state index contributed by atoms with van der Waals surface area (Å²) in [5, 5.41) is 4.31. The van der Waals surface area contributed by atoms with Crippen molar-refractivity contribution in [1.29, 1.82) is 0 Å². The molecule has 1 N–H and O–H groups in total. The molecule has 0 aliphatic heterocycles. The summed E-state index contributed by atoms with van der Waals surface area (Å²) >= 11 is 5.22. The Morgan fingerprint density at radius 3 is 3.00 bits per heavy atom. The van der Waals surface area contributed by atoms with E-state index in [9.17, 15) is 4.39 Å². The maximum absolute atomic E-state index is 13.4. The SMILES string of the molecule is CCSC1CCCC1NCc1ccc(Br)c(F)c1. The molecule has 100 valence electrons. The van der Waals surface area contributed by atoms with Crippen molar-refractivity contribution in [2.45, 2.75) is 44.0 Å². The highest BCUT2D eigenvalue weighted by molar-refractivity contribution is 9.10. The lowest BCUT2D eigenvalue weighted by Gasteiger charge is -2.20. The third-order valence-electron chi connectivity index (χ3n) is 3.39. The lowest BCUT2D eigenvalue weighted by atomic mass is 10.2. The molecule has 0 heterocycles. The summed E-state index contributed by atoms with van der Waals surface area (Å²) in [6, 6.07) is 5.94. The topological polar surface area (TPSA) is 12.0 Å². The number of hydrogen-bond donors (Lipinski definition) is 1. The van der Waals surface area contributed by atoms with Crippen molar-refractivity contribution < 1.29 is 4.39 Å². The van der Waals surface area contributed by atoms with Crippen LogP contribution in [0.4, 0.5) is 4.39 Å². The molecule has 1 aromatic rings. The van der Waals surface area contributed by atoms with E-state index in [1.54, 1.807) is 12.1 Å². The van der Waals surface area contributed by atoms with Crippen LogP contribution in [-0.4, -0.2) is 17.0 Å². The van der Waals surface area contributed by atoms with Gasteiger partial charge in [0, 0.05) is 17.8 Å². The van der Waals surface area contributed by atoms with Crippen molar-refractivity contribution >= 4 is 27.7 Å². The average Bonchev–Trinajstić information content (AvgIpc) is 2.79. The molecule has 1 fully saturated rings. The first-order valence-electron chi connectivity index (χ1n) is 6.49. The molecular weight excluding hydrogens is 313 g/mol. The fourth-order valence-electron chi connectivity index (χ4n) is 2.47. The minimum absolute atomic E-state index is 0.180. The molecule has 1 aromatic carbocycles. The third-order valence-corrected chi connectivity index (χ3v) is 5.35. The van der Waals surface area contributed by atoms with Crippen LogP contribution in [0.5, 0.6) is 0 Å². The maximum atomic E-state index is 13.4. The molecule has 0 aromatic heterocycles. The number of benzene rings is 1. The Morgan fingerprint density at radius 1 is 1.44 bits per heavy atom. The molecule has 1 saturated carbocycles. The van der Waals surface area contributed by atoms with Crippen LogP contribution >= 0.6 is 27.7 Å². The Balaban J connectivity index is 1.88. The van der Waals surface area contributed by atoms with Crippen molar-refractivity contribution in [3.05, 3.63) is 34.1 Å². The zero-order valence-electron chi connectivity index (χ0n) is 10.6. The van der Waals surface area contributed by atoms with Gasteiger partial charge in [-0.1, -0.05) is 19.4 Å². The lowest BCUT2D eigenvalue weighted by Crippen LogP contribution is -2.33. The summed E-state index contributed by atoms with van der Waals surface area (Å²) in [5.41, 5.74) is 1.02. The first kappa shape index (κ1) is 14.4. The van der Waals surface area contributed by atoms with E-state index in [2.05, 4.69) is 28.2 Å². The Labute approximate surface area is 121 Å². The van der Waals surface area contributed by atoms with Gasteiger partial charge in [0.25, 0.3) is 0 Å². The highest BCUT2D eigenvalue weighted by atomic mass is 79.9. The molecule has 2 rings (SSSR count). The van der Waals surface area contributed by atoms with Crippen molar-refractivity contribution in [3.8, 4) is 0 Å². The van der Waals surface area contributed by atoms with E-state index in [0.29, 0.717) is 10.5 Å². The van der Waals surface area contributed by atoms with Gasteiger partial charge in [0.1, 0.15) is 5.82 Å². The van der Waals surface area contributed by atoms with E-state index in [0.717, 1.165) is 17.4 Å². The van der Waals surface area contributed by atoms with Crippen molar-refractivity contribution in [2.75, 3.05) is 5.75 Å². The molecule has 1 aliphatic rings. The maximum Gasteiger partial charge on any atom is 0.137 e. The van der Waals surface area contributed by atoms with Crippen molar-refractivity contribution in [1.82, 2.24) is 5.32 Å². The van der Waals surface area contributed by atoms with Crippen LogP contribution < -0.4 is 5.32 Å². The van der Waals surface area contributed by atoms with E-state index >= 15 is 0 Å². The third kappa shape index (κ3) is 3.72. The summed E-state index contributed by atoms with van der Waals surface area (Å²) in [6.45, 7) is 2.97. The molecule has 0 spiro atoms. The standard InChI is InChI=1S/C14H19BrFNS/c1-2-18-14-5-3-4-13(14)17-9-10-6-7-11(15)12(16)8-10/h6-8,13-14,17H,2-5,9H2,1H3. The summed E-state index contributed by atoms with van der Waals surface area (Å²) in [5.74, 6) is 0.996. The Bertz CT molecular complexity index is 399. The van der Waals surface area contributed by atoms with E-state index < -0.39 is 0 Å². The summed E-state index contributed by atoms with van der Waals surface area (Å²) in [4.78, 5) is 0. The van der Waals surface area contributed by atoms with Gasteiger partial charge in [0.05, 0.1) is 4.47 Å². The van der Waals surface area contributed by atoms with Crippen molar-refractivity contribution in [2.24, 2.45) is 0 Å². The Hall–Kier alpha value is -0.0600. The van der Waals surface area contributed by atoms with Crippen LogP contribution in [0.15, 0.2) is 22.7 Å². The van der Waals surface area contributed by atoms with Gasteiger partial charge in [-0.15, -0.1) is 0 Å². The molecule has 2 unspecified atom stereocenters. The number of nitrogens with one attached hydrogen (secondary N) is 1. The predicted molar refractivity (Wildman–Crippen MR) is 80.5 cm³/mol. The zero-order chi connectivity index (χ0) is 13.0. The van der Waals surface area contributed by atoms with Crippen LogP contribution in [-0.2, 0) is 6.54 Å². The predicted octanol–water partition coefficient (Wildman–Crippen LogP) is 4.35. The van der Waals surface area contributed by atoms with Gasteiger partial charge in [-0.2, -0.15) is 11.8 Å². The first-order chi connectivity index (χ1) is 8.70. The van der Waals surface area contributed by atoms with Gasteiger partial charge in [-0.05, 0) is 52.2 Å². The first-order valence-corrected chi connectivity index (χ1v) is 8.33. The molecule has 1 nitrogen and oxygen atoms in total. The van der Waals surface area contributed by atoms with Gasteiger partial charge in [-0.25, -0.2) is 4.39 Å². The monoisotopic (exact) mass is 331 g/mol. The molecule has 0 bridgehead atoms. The van der Waals surface area contributed by atoms with Gasteiger partial charge in [0.2, 0.25) is 0 Å². The smallest absolute Gasteiger partial charge is 0.137 e. The molecular formula is C14H19BrFNS. The second-order valence-corrected chi connectivity index (χ2v) is 7.03.